The molecule has 1 aliphatic rings. The van der Waals surface area contributed by atoms with Crippen molar-refractivity contribution >= 4 is 53.4 Å². The minimum absolute atomic E-state index is 0.0564. The maximum Gasteiger partial charge on any atom is 0.326 e. The third-order valence-electron chi connectivity index (χ3n) is 6.18. The zero-order valence-electron chi connectivity index (χ0n) is 24.9. The van der Waals surface area contributed by atoms with Crippen molar-refractivity contribution in [3.63, 3.8) is 0 Å². The fourth-order valence-electron chi connectivity index (χ4n) is 3.85. The van der Waals surface area contributed by atoms with Crippen LogP contribution in [0.4, 0.5) is 23.1 Å². The number of likely N-dealkylation sites (N-methyl/N-ethyl adjacent to an activating group) is 1. The summed E-state index contributed by atoms with van der Waals surface area (Å²) in [5, 5.41) is 28.0. The Hall–Kier alpha value is -5.19. The van der Waals surface area contributed by atoms with Crippen molar-refractivity contribution in [3.05, 3.63) is 40.2 Å². The molecule has 2 amide bonds. The summed E-state index contributed by atoms with van der Waals surface area (Å²) < 4.78 is 5.59. The first-order chi connectivity index (χ1) is 20.6. The Labute approximate surface area is 253 Å². The second-order valence-electron chi connectivity index (χ2n) is 10.8. The Morgan fingerprint density at radius 3 is 2.45 bits per heavy atom. The van der Waals surface area contributed by atoms with E-state index in [1.54, 1.807) is 12.1 Å². The van der Waals surface area contributed by atoms with E-state index in [9.17, 15) is 33.9 Å². The van der Waals surface area contributed by atoms with Gasteiger partial charge in [-0.05, 0) is 37.1 Å². The fourth-order valence-corrected chi connectivity index (χ4v) is 3.85. The molecule has 17 heteroatoms. The van der Waals surface area contributed by atoms with E-state index in [0.29, 0.717) is 25.2 Å². The summed E-state index contributed by atoms with van der Waals surface area (Å²) >= 11 is 0. The van der Waals surface area contributed by atoms with Crippen molar-refractivity contribution < 1.29 is 43.4 Å². The van der Waals surface area contributed by atoms with Crippen molar-refractivity contribution in [1.29, 1.82) is 0 Å². The Bertz CT molecular complexity index is 1390. The lowest BCUT2D eigenvalue weighted by atomic mass is 10.1. The molecule has 2 atom stereocenters. The van der Waals surface area contributed by atoms with E-state index < -0.39 is 41.9 Å². The van der Waals surface area contributed by atoms with Crippen molar-refractivity contribution in [2.45, 2.75) is 31.8 Å². The number of quaternary nitrogens is 1. The van der Waals surface area contributed by atoms with Crippen molar-refractivity contribution in [2.75, 3.05) is 68.7 Å². The van der Waals surface area contributed by atoms with E-state index in [0.717, 1.165) is 11.0 Å². The molecule has 2 aromatic rings. The lowest BCUT2D eigenvalue weighted by Crippen LogP contribution is -2.50. The summed E-state index contributed by atoms with van der Waals surface area (Å²) in [6.07, 6.45) is -0.278. The van der Waals surface area contributed by atoms with Crippen LogP contribution in [0.3, 0.4) is 0 Å². The van der Waals surface area contributed by atoms with Crippen LogP contribution in [-0.4, -0.2) is 109 Å². The number of nitrogens with two attached hydrogens (primary N) is 1. The third kappa shape index (κ3) is 11.2. The number of carbonyl (C=O) groups excluding carboxylic acids is 4. The molecule has 0 saturated carbocycles. The molecule has 17 nitrogen and oxygen atoms in total. The molecule has 0 bridgehead atoms. The number of carboxylic acids is 2. The molecule has 0 radical (unpaired) electrons. The monoisotopic (exact) mass is 618 g/mol. The number of ether oxygens (including phenoxy) is 1. The largest absolute Gasteiger partial charge is 0.550 e. The van der Waals surface area contributed by atoms with Gasteiger partial charge in [0.15, 0.2) is 11.5 Å². The van der Waals surface area contributed by atoms with Gasteiger partial charge in [0.25, 0.3) is 11.5 Å². The molecule has 0 spiro atoms. The smallest absolute Gasteiger partial charge is 0.326 e. The number of hydrogen-bond acceptors (Lipinski definition) is 12. The predicted octanol–water partition coefficient (Wildman–Crippen LogP) is -1.81. The number of aromatic amines is 1. The summed E-state index contributed by atoms with van der Waals surface area (Å²) in [5.41, 5.74) is 5.80. The van der Waals surface area contributed by atoms with E-state index in [1.807, 2.05) is 0 Å². The van der Waals surface area contributed by atoms with Crippen LogP contribution in [-0.2, 0) is 23.9 Å². The van der Waals surface area contributed by atoms with Gasteiger partial charge in [-0.15, -0.1) is 0 Å². The number of benzene rings is 1. The third-order valence-corrected chi connectivity index (χ3v) is 6.18. The number of fused-ring (bicyclic) bond motifs is 1. The standard InChI is InChI=1S/C20H23N7O7.C7H16NO2/c21-20-25-16-15(18(32)26-20)27(9-28)12(8-23-16)7-22-11-3-1-10(2-4-11)17(31)24-13(19(33)34)5-6-14(29)30;1-7(9)10-6-5-8(2,3)4/h1-4,9,12-13,22H,5-8H2,(H,24,31)(H,29,30)(H,33,34)(H4,21,23,25,26,32);5-6H2,1-4H3/q;+1/p-1/t12-,13-;/m0./s1. The second kappa shape index (κ2) is 15.9. The average molecular weight is 619 g/mol. The summed E-state index contributed by atoms with van der Waals surface area (Å²) in [5.74, 6) is -3.51. The number of aromatic nitrogens is 2. The van der Waals surface area contributed by atoms with E-state index in [-0.39, 0.29) is 42.0 Å². The highest BCUT2D eigenvalue weighted by molar-refractivity contribution is 5.97. The minimum Gasteiger partial charge on any atom is -0.550 e. The normalized spacial score (nSPS) is 14.5. The van der Waals surface area contributed by atoms with Gasteiger partial charge in [0, 0.05) is 37.2 Å². The van der Waals surface area contributed by atoms with E-state index in [4.69, 9.17) is 15.6 Å². The number of rotatable bonds is 13. The molecule has 2 heterocycles. The van der Waals surface area contributed by atoms with Crippen molar-refractivity contribution in [1.82, 2.24) is 15.3 Å². The summed E-state index contributed by atoms with van der Waals surface area (Å²) in [7, 11) is 6.18. The highest BCUT2D eigenvalue weighted by Crippen LogP contribution is 2.25. The van der Waals surface area contributed by atoms with Crippen LogP contribution in [0, 0.1) is 0 Å². The molecule has 1 aromatic carbocycles. The number of aliphatic carboxylic acids is 2. The first-order valence-electron chi connectivity index (χ1n) is 13.5. The number of amides is 2. The number of nitrogens with zero attached hydrogens (tertiary/aromatic N) is 3. The van der Waals surface area contributed by atoms with Gasteiger partial charge in [-0.2, -0.15) is 4.98 Å². The minimum atomic E-state index is -1.41. The van der Waals surface area contributed by atoms with Crippen LogP contribution in [0.25, 0.3) is 0 Å². The first-order valence-corrected chi connectivity index (χ1v) is 13.5. The first kappa shape index (κ1) is 35.0. The summed E-state index contributed by atoms with van der Waals surface area (Å²) in [4.78, 5) is 75.9. The van der Waals surface area contributed by atoms with E-state index in [2.05, 4.69) is 47.1 Å². The van der Waals surface area contributed by atoms with E-state index >= 15 is 0 Å². The predicted molar refractivity (Wildman–Crippen MR) is 158 cm³/mol. The van der Waals surface area contributed by atoms with Gasteiger partial charge in [0.05, 0.1) is 27.2 Å². The van der Waals surface area contributed by atoms with Crippen LogP contribution in [0.5, 0.6) is 0 Å². The molecule has 0 fully saturated rings. The Balaban J connectivity index is 0.000000580. The van der Waals surface area contributed by atoms with Crippen molar-refractivity contribution in [2.24, 2.45) is 0 Å². The lowest BCUT2D eigenvalue weighted by Gasteiger charge is -2.34. The number of anilines is 4. The molecule has 0 aliphatic carbocycles. The molecule has 0 saturated heterocycles. The topological polar surface area (TPSA) is 249 Å². The number of hydrogen-bond donors (Lipinski definition) is 6. The maximum absolute atomic E-state index is 12.3. The SMILES string of the molecule is CC(=O)OCC[N+](C)(C)C.Nc1nc2c(c(=O)[nH]1)N(C=O)[C@@H](CNc1ccc(C(=O)N[C@@H](CCC(=O)[O-])C(=O)O)cc1)CN2. The summed E-state index contributed by atoms with van der Waals surface area (Å²) in [6.45, 7) is 3.36. The molecule has 0 unspecified atom stereocenters. The van der Waals surface area contributed by atoms with Crippen LogP contribution in [0.15, 0.2) is 29.1 Å². The van der Waals surface area contributed by atoms with Crippen LogP contribution >= 0.6 is 0 Å². The quantitative estimate of drug-likeness (QED) is 0.0824. The number of carboxylic acid groups (broad SMARTS) is 2. The second-order valence-corrected chi connectivity index (χ2v) is 10.8. The average Bonchev–Trinajstić information content (AvgIpc) is 2.93. The van der Waals surface area contributed by atoms with Crippen LogP contribution < -0.4 is 37.2 Å². The number of nitrogens with one attached hydrogen (secondary N) is 4. The number of carbonyl (C=O) groups is 5. The van der Waals surface area contributed by atoms with Gasteiger partial charge in [-0.3, -0.25) is 24.2 Å². The van der Waals surface area contributed by atoms with Gasteiger partial charge in [0.1, 0.15) is 19.2 Å². The Kier molecular flexibility index (Phi) is 12.6. The molecule has 1 aliphatic heterocycles. The van der Waals surface area contributed by atoms with Gasteiger partial charge in [-0.1, -0.05) is 0 Å². The highest BCUT2D eigenvalue weighted by atomic mass is 16.5. The lowest BCUT2D eigenvalue weighted by molar-refractivity contribution is -0.870. The Morgan fingerprint density at radius 2 is 1.91 bits per heavy atom. The zero-order valence-corrected chi connectivity index (χ0v) is 24.9. The summed E-state index contributed by atoms with van der Waals surface area (Å²) in [6, 6.07) is 4.27. The van der Waals surface area contributed by atoms with Gasteiger partial charge in [0.2, 0.25) is 12.4 Å². The zero-order chi connectivity index (χ0) is 33.0. The molecule has 7 N–H and O–H groups in total. The molecular weight excluding hydrogens is 580 g/mol. The maximum atomic E-state index is 12.3. The van der Waals surface area contributed by atoms with E-state index in [1.165, 1.54) is 24.0 Å². The number of H-pyrrole nitrogens is 1. The highest BCUT2D eigenvalue weighted by Gasteiger charge is 2.29. The number of esters is 1. The van der Waals surface area contributed by atoms with Gasteiger partial charge >= 0.3 is 11.9 Å². The van der Waals surface area contributed by atoms with Gasteiger partial charge in [-0.25, -0.2) is 4.79 Å². The molecule has 3 rings (SSSR count). The van der Waals surface area contributed by atoms with Crippen LogP contribution in [0.1, 0.15) is 30.1 Å². The molecule has 1 aromatic heterocycles. The van der Waals surface area contributed by atoms with Crippen molar-refractivity contribution in [3.8, 4) is 0 Å². The fraction of sp³-hybridized carbons (Fsp3) is 0.444. The van der Waals surface area contributed by atoms with Crippen LogP contribution in [0.2, 0.25) is 0 Å². The molecule has 240 valence electrons. The molecular formula is C27H38N8O9. The Morgan fingerprint density at radius 1 is 1.25 bits per heavy atom. The number of nitrogen functional groups attached to an aromatic ring is 1. The van der Waals surface area contributed by atoms with Gasteiger partial charge < -0.3 is 50.8 Å². The molecule has 44 heavy (non-hydrogen) atoms.